The monoisotopic (exact) mass is 290 g/mol. The molecule has 0 saturated carbocycles. The number of carbonyl (C=O) groups is 2. The second kappa shape index (κ2) is 6.83. The number of esters is 2. The number of ether oxygens (including phenoxy) is 2. The average Bonchev–Trinajstić information content (AvgIpc) is 2.79. The van der Waals surface area contributed by atoms with Crippen LogP contribution in [0, 0.1) is 11.7 Å². The lowest BCUT2D eigenvalue weighted by atomic mass is 10.0. The number of cyclic esters (lactones) is 1. The van der Waals surface area contributed by atoms with E-state index in [-0.39, 0.29) is 24.3 Å². The van der Waals surface area contributed by atoms with Gasteiger partial charge in [0, 0.05) is 17.6 Å². The number of halogens is 1. The summed E-state index contributed by atoms with van der Waals surface area (Å²) < 4.78 is 22.6. The second-order valence-electron chi connectivity index (χ2n) is 4.66. The minimum atomic E-state index is -0.491. The van der Waals surface area contributed by atoms with Gasteiger partial charge in [0.05, 0.1) is 13.2 Å². The first-order valence-corrected chi connectivity index (χ1v) is 6.52. The van der Waals surface area contributed by atoms with E-state index in [1.165, 1.54) is 18.2 Å². The van der Waals surface area contributed by atoms with Crippen LogP contribution < -0.4 is 0 Å². The molecule has 0 spiro atoms. The third-order valence-corrected chi connectivity index (χ3v) is 3.16. The zero-order valence-corrected chi connectivity index (χ0v) is 11.4. The maximum atomic E-state index is 12.7. The fourth-order valence-corrected chi connectivity index (χ4v) is 1.88. The molecule has 5 heteroatoms. The van der Waals surface area contributed by atoms with Crippen LogP contribution in [-0.4, -0.2) is 25.2 Å². The zero-order valence-electron chi connectivity index (χ0n) is 11.4. The molecule has 1 fully saturated rings. The van der Waals surface area contributed by atoms with Crippen LogP contribution in [0.5, 0.6) is 0 Å². The Hall–Kier alpha value is -2.43. The maximum Gasteiger partial charge on any atom is 0.333 e. The molecule has 0 aromatic heterocycles. The van der Waals surface area contributed by atoms with E-state index in [0.717, 1.165) is 0 Å². The van der Waals surface area contributed by atoms with Crippen LogP contribution >= 0.6 is 0 Å². The Labute approximate surface area is 121 Å². The molecular weight excluding hydrogens is 275 g/mol. The van der Waals surface area contributed by atoms with Crippen molar-refractivity contribution < 1.29 is 23.5 Å². The van der Waals surface area contributed by atoms with Gasteiger partial charge in [-0.2, -0.15) is 0 Å². The number of rotatable bonds is 5. The van der Waals surface area contributed by atoms with Crippen molar-refractivity contribution in [1.82, 2.24) is 0 Å². The fourth-order valence-electron chi connectivity index (χ4n) is 1.88. The van der Waals surface area contributed by atoms with E-state index in [0.29, 0.717) is 24.2 Å². The third kappa shape index (κ3) is 4.27. The molecule has 0 amide bonds. The van der Waals surface area contributed by atoms with Crippen LogP contribution in [0.1, 0.15) is 12.0 Å². The number of hydrogen-bond donors (Lipinski definition) is 0. The van der Waals surface area contributed by atoms with Gasteiger partial charge in [-0.15, -0.1) is 0 Å². The normalized spacial score (nSPS) is 18.0. The van der Waals surface area contributed by atoms with Gasteiger partial charge in [0.2, 0.25) is 0 Å². The zero-order chi connectivity index (χ0) is 15.2. The Bertz CT molecular complexity index is 574. The van der Waals surface area contributed by atoms with E-state index in [1.54, 1.807) is 18.2 Å². The Morgan fingerprint density at radius 3 is 2.76 bits per heavy atom. The quantitative estimate of drug-likeness (QED) is 0.617. The number of hydrogen-bond acceptors (Lipinski definition) is 4. The highest BCUT2D eigenvalue weighted by Crippen LogP contribution is 2.22. The minimum absolute atomic E-state index is 0.0913. The van der Waals surface area contributed by atoms with Crippen molar-refractivity contribution in [1.29, 1.82) is 0 Å². The highest BCUT2D eigenvalue weighted by Gasteiger charge is 2.28. The predicted octanol–water partition coefficient (Wildman–Crippen LogP) is 2.50. The molecule has 0 unspecified atom stereocenters. The molecule has 1 saturated heterocycles. The van der Waals surface area contributed by atoms with Gasteiger partial charge in [-0.25, -0.2) is 14.0 Å². The highest BCUT2D eigenvalue weighted by atomic mass is 19.1. The summed E-state index contributed by atoms with van der Waals surface area (Å²) in [4.78, 5) is 22.6. The van der Waals surface area contributed by atoms with Gasteiger partial charge < -0.3 is 9.47 Å². The topological polar surface area (TPSA) is 52.6 Å². The first kappa shape index (κ1) is 15.0. The van der Waals surface area contributed by atoms with Crippen LogP contribution in [0.25, 0.3) is 6.08 Å². The molecule has 2 rings (SSSR count). The number of carbonyl (C=O) groups excluding carboxylic acids is 2. The van der Waals surface area contributed by atoms with Crippen LogP contribution in [0.3, 0.4) is 0 Å². The van der Waals surface area contributed by atoms with Gasteiger partial charge in [-0.1, -0.05) is 18.7 Å². The van der Waals surface area contributed by atoms with Gasteiger partial charge in [-0.3, -0.25) is 0 Å². The largest absolute Gasteiger partial charge is 0.463 e. The molecule has 110 valence electrons. The van der Waals surface area contributed by atoms with E-state index in [2.05, 4.69) is 6.58 Å². The Balaban J connectivity index is 1.74. The summed E-state index contributed by atoms with van der Waals surface area (Å²) in [5, 5.41) is 0. The molecule has 0 N–H and O–H groups in total. The third-order valence-electron chi connectivity index (χ3n) is 3.16. The molecular formula is C16H15FO4. The first-order valence-electron chi connectivity index (χ1n) is 6.52. The van der Waals surface area contributed by atoms with Crippen molar-refractivity contribution in [3.05, 3.63) is 53.9 Å². The van der Waals surface area contributed by atoms with E-state index < -0.39 is 5.97 Å². The van der Waals surface area contributed by atoms with Gasteiger partial charge in [0.1, 0.15) is 5.82 Å². The lowest BCUT2D eigenvalue weighted by Crippen LogP contribution is -2.09. The molecule has 1 aromatic rings. The standard InChI is InChI=1S/C16H15FO4/c1-11-13(10-21-16(11)19)8-9-20-15(18)7-4-12-2-5-14(17)6-3-12/h2-7,13H,1,8-10H2/b7-4+/t13-/m1/s1. The fraction of sp³-hybridized carbons (Fsp3) is 0.250. The molecule has 1 heterocycles. The summed E-state index contributed by atoms with van der Waals surface area (Å²) in [6.07, 6.45) is 3.32. The molecule has 1 aliphatic rings. The van der Waals surface area contributed by atoms with Gasteiger partial charge in [0.15, 0.2) is 0 Å². The predicted molar refractivity (Wildman–Crippen MR) is 74.6 cm³/mol. The smallest absolute Gasteiger partial charge is 0.333 e. The summed E-state index contributed by atoms with van der Waals surface area (Å²) in [6.45, 7) is 4.12. The minimum Gasteiger partial charge on any atom is -0.463 e. The first-order chi connectivity index (χ1) is 10.1. The van der Waals surface area contributed by atoms with Crippen molar-refractivity contribution in [2.75, 3.05) is 13.2 Å². The second-order valence-corrected chi connectivity index (χ2v) is 4.66. The van der Waals surface area contributed by atoms with Crippen molar-refractivity contribution in [3.63, 3.8) is 0 Å². The van der Waals surface area contributed by atoms with E-state index >= 15 is 0 Å². The molecule has 4 nitrogen and oxygen atoms in total. The van der Waals surface area contributed by atoms with E-state index in [1.807, 2.05) is 0 Å². The van der Waals surface area contributed by atoms with Gasteiger partial charge in [0.25, 0.3) is 0 Å². The van der Waals surface area contributed by atoms with Gasteiger partial charge >= 0.3 is 11.9 Å². The summed E-state index contributed by atoms with van der Waals surface area (Å²) in [5.41, 5.74) is 1.13. The lowest BCUT2D eigenvalue weighted by Gasteiger charge is -2.06. The van der Waals surface area contributed by atoms with Gasteiger partial charge in [-0.05, 0) is 30.2 Å². The van der Waals surface area contributed by atoms with E-state index in [9.17, 15) is 14.0 Å². The van der Waals surface area contributed by atoms with Crippen molar-refractivity contribution in [2.45, 2.75) is 6.42 Å². The van der Waals surface area contributed by atoms with Crippen LogP contribution in [0.15, 0.2) is 42.5 Å². The highest BCUT2D eigenvalue weighted by molar-refractivity contribution is 5.90. The van der Waals surface area contributed by atoms with Crippen molar-refractivity contribution >= 4 is 18.0 Å². The van der Waals surface area contributed by atoms with Crippen LogP contribution in [-0.2, 0) is 19.1 Å². The lowest BCUT2D eigenvalue weighted by molar-refractivity contribution is -0.138. The average molecular weight is 290 g/mol. The summed E-state index contributed by atoms with van der Waals surface area (Å²) in [6, 6.07) is 5.75. The number of benzene rings is 1. The van der Waals surface area contributed by atoms with Crippen LogP contribution in [0.4, 0.5) is 4.39 Å². The van der Waals surface area contributed by atoms with E-state index in [4.69, 9.17) is 9.47 Å². The summed E-state index contributed by atoms with van der Waals surface area (Å²) in [7, 11) is 0. The maximum absolute atomic E-state index is 12.7. The Morgan fingerprint density at radius 2 is 2.14 bits per heavy atom. The Morgan fingerprint density at radius 1 is 1.43 bits per heavy atom. The van der Waals surface area contributed by atoms with Crippen LogP contribution in [0.2, 0.25) is 0 Å². The summed E-state index contributed by atoms with van der Waals surface area (Å²) in [5.74, 6) is -1.30. The molecule has 1 aromatic carbocycles. The molecule has 0 aliphatic carbocycles. The SMILES string of the molecule is C=C1C(=O)OC[C@H]1CCOC(=O)/C=C/c1ccc(F)cc1. The summed E-state index contributed by atoms with van der Waals surface area (Å²) >= 11 is 0. The molecule has 21 heavy (non-hydrogen) atoms. The Kier molecular flexibility index (Phi) is 4.87. The molecule has 0 bridgehead atoms. The van der Waals surface area contributed by atoms with Crippen molar-refractivity contribution in [2.24, 2.45) is 5.92 Å². The molecule has 1 aliphatic heterocycles. The van der Waals surface area contributed by atoms with Crippen molar-refractivity contribution in [3.8, 4) is 0 Å². The molecule has 1 atom stereocenters. The molecule has 0 radical (unpaired) electrons.